The molecule has 1 aromatic heterocycles. The lowest BCUT2D eigenvalue weighted by Crippen LogP contribution is -2.11. The molecule has 0 atom stereocenters. The van der Waals surface area contributed by atoms with Gasteiger partial charge in [0.15, 0.2) is 0 Å². The van der Waals surface area contributed by atoms with Crippen molar-refractivity contribution in [2.24, 2.45) is 10.8 Å². The number of aromatic nitrogens is 1. The number of nitrogens with two attached hydrogens (primary N) is 1. The number of pyridine rings is 1. The van der Waals surface area contributed by atoms with E-state index in [1.165, 1.54) is 6.07 Å². The highest BCUT2D eigenvalue weighted by molar-refractivity contribution is 6.06. The summed E-state index contributed by atoms with van der Waals surface area (Å²) in [5, 5.41) is 4.01. The van der Waals surface area contributed by atoms with E-state index in [-0.39, 0.29) is 5.82 Å². The molecule has 0 radical (unpaired) electrons. The monoisotopic (exact) mass is 213 g/mol. The third-order valence-electron chi connectivity index (χ3n) is 2.12. The molecule has 2 N–H and O–H groups in total. The van der Waals surface area contributed by atoms with E-state index in [0.29, 0.717) is 16.5 Å². The summed E-state index contributed by atoms with van der Waals surface area (Å²) in [4.78, 5) is 17.9. The number of hydrogen-bond donors (Lipinski definition) is 1. The number of benzene rings is 1. The van der Waals surface area contributed by atoms with Crippen LogP contribution in [-0.4, -0.2) is 10.9 Å². The first-order valence-corrected chi connectivity index (χ1v) is 4.47. The van der Waals surface area contributed by atoms with Gasteiger partial charge in [0, 0.05) is 10.3 Å². The van der Waals surface area contributed by atoms with E-state index >= 15 is 0 Å². The van der Waals surface area contributed by atoms with Crippen molar-refractivity contribution >= 4 is 22.6 Å². The number of primary amides is 1. The highest BCUT2D eigenvalue weighted by Gasteiger charge is 2.08. The van der Waals surface area contributed by atoms with E-state index in [9.17, 15) is 4.79 Å². The summed E-state index contributed by atoms with van der Waals surface area (Å²) in [6, 6.07) is 8.40. The molecular formula is C10H7N5O. The summed E-state index contributed by atoms with van der Waals surface area (Å²) in [6.45, 7) is 0. The molecule has 0 bridgehead atoms. The van der Waals surface area contributed by atoms with E-state index in [0.717, 1.165) is 0 Å². The Morgan fingerprint density at radius 1 is 1.44 bits per heavy atom. The van der Waals surface area contributed by atoms with Gasteiger partial charge in [-0.15, -0.1) is 0 Å². The maximum atomic E-state index is 11.2. The third kappa shape index (κ3) is 1.65. The van der Waals surface area contributed by atoms with Crippen molar-refractivity contribution in [3.63, 3.8) is 0 Å². The number of hydrogen-bond acceptors (Lipinski definition) is 3. The molecule has 2 aromatic rings. The van der Waals surface area contributed by atoms with Crippen molar-refractivity contribution < 1.29 is 4.79 Å². The van der Waals surface area contributed by atoms with Crippen molar-refractivity contribution in [2.75, 3.05) is 0 Å². The minimum absolute atomic E-state index is 0.134. The standard InChI is InChI=1S/C10H7N5O/c11-10(16)7-5-9(14-15-12)13-8-4-2-1-3-6(7)8/h1-5H,(H2,11,16). The quantitative estimate of drug-likeness (QED) is 0.469. The van der Waals surface area contributed by atoms with Crippen LogP contribution in [0.5, 0.6) is 0 Å². The summed E-state index contributed by atoms with van der Waals surface area (Å²) >= 11 is 0. The molecule has 0 aliphatic heterocycles. The fourth-order valence-corrected chi connectivity index (χ4v) is 1.46. The van der Waals surface area contributed by atoms with Crippen LogP contribution in [0.3, 0.4) is 0 Å². The smallest absolute Gasteiger partial charge is 0.249 e. The maximum absolute atomic E-state index is 11.2. The minimum Gasteiger partial charge on any atom is -0.366 e. The van der Waals surface area contributed by atoms with Crippen molar-refractivity contribution in [3.8, 4) is 0 Å². The zero-order valence-corrected chi connectivity index (χ0v) is 8.16. The Bertz CT molecular complexity index is 616. The van der Waals surface area contributed by atoms with Crippen LogP contribution in [0.15, 0.2) is 35.4 Å². The Labute approximate surface area is 90.3 Å². The van der Waals surface area contributed by atoms with Gasteiger partial charge in [-0.25, -0.2) is 4.98 Å². The first-order chi connectivity index (χ1) is 7.72. The Balaban J connectivity index is 2.83. The second kappa shape index (κ2) is 3.88. The van der Waals surface area contributed by atoms with Gasteiger partial charge in [-0.1, -0.05) is 18.2 Å². The predicted octanol–water partition coefficient (Wildman–Crippen LogP) is 2.28. The number of nitrogens with zero attached hydrogens (tertiary/aromatic N) is 4. The lowest BCUT2D eigenvalue weighted by molar-refractivity contribution is 0.100. The van der Waals surface area contributed by atoms with Gasteiger partial charge >= 0.3 is 0 Å². The van der Waals surface area contributed by atoms with Gasteiger partial charge in [-0.2, -0.15) is 0 Å². The number of fused-ring (bicyclic) bond motifs is 1. The van der Waals surface area contributed by atoms with Crippen LogP contribution in [-0.2, 0) is 0 Å². The Morgan fingerprint density at radius 2 is 2.19 bits per heavy atom. The van der Waals surface area contributed by atoms with E-state index < -0.39 is 5.91 Å². The van der Waals surface area contributed by atoms with Crippen molar-refractivity contribution in [2.45, 2.75) is 0 Å². The fraction of sp³-hybridized carbons (Fsp3) is 0. The molecule has 0 saturated heterocycles. The molecule has 78 valence electrons. The van der Waals surface area contributed by atoms with E-state index in [2.05, 4.69) is 15.0 Å². The minimum atomic E-state index is -0.576. The molecule has 1 amide bonds. The van der Waals surface area contributed by atoms with Gasteiger partial charge in [0.05, 0.1) is 11.1 Å². The number of carbonyl (C=O) groups is 1. The molecule has 2 rings (SSSR count). The van der Waals surface area contributed by atoms with E-state index in [1.807, 2.05) is 0 Å². The van der Waals surface area contributed by atoms with Crippen LogP contribution in [0.25, 0.3) is 21.3 Å². The number of rotatable bonds is 2. The van der Waals surface area contributed by atoms with Crippen LogP contribution < -0.4 is 5.73 Å². The van der Waals surface area contributed by atoms with Crippen molar-refractivity contribution in [3.05, 3.63) is 46.3 Å². The molecule has 6 nitrogen and oxygen atoms in total. The van der Waals surface area contributed by atoms with Gasteiger partial charge in [0.2, 0.25) is 5.91 Å². The van der Waals surface area contributed by atoms with Crippen molar-refractivity contribution in [1.29, 1.82) is 0 Å². The lowest BCUT2D eigenvalue weighted by atomic mass is 10.1. The maximum Gasteiger partial charge on any atom is 0.249 e. The zero-order chi connectivity index (χ0) is 11.5. The topological polar surface area (TPSA) is 105 Å². The van der Waals surface area contributed by atoms with Gasteiger partial charge in [0.25, 0.3) is 0 Å². The van der Waals surface area contributed by atoms with Gasteiger partial charge < -0.3 is 5.73 Å². The Morgan fingerprint density at radius 3 is 2.88 bits per heavy atom. The van der Waals surface area contributed by atoms with Crippen LogP contribution in [0, 0.1) is 0 Å². The first-order valence-electron chi connectivity index (χ1n) is 4.47. The average molecular weight is 213 g/mol. The van der Waals surface area contributed by atoms with Crippen LogP contribution >= 0.6 is 0 Å². The lowest BCUT2D eigenvalue weighted by Gasteiger charge is -2.03. The number of carbonyl (C=O) groups excluding carboxylic acids is 1. The molecule has 6 heteroatoms. The molecule has 1 heterocycles. The van der Waals surface area contributed by atoms with Gasteiger partial charge in [-0.3, -0.25) is 4.79 Å². The average Bonchev–Trinajstić information content (AvgIpc) is 2.28. The highest BCUT2D eigenvalue weighted by Crippen LogP contribution is 2.21. The van der Waals surface area contributed by atoms with E-state index in [1.54, 1.807) is 24.3 Å². The molecule has 0 unspecified atom stereocenters. The normalized spacial score (nSPS) is 9.75. The second-order valence-corrected chi connectivity index (χ2v) is 3.10. The SMILES string of the molecule is [N-]=[N+]=Nc1cc(C(N)=O)c2ccccc2n1. The molecule has 0 saturated carbocycles. The van der Waals surface area contributed by atoms with Crippen molar-refractivity contribution in [1.82, 2.24) is 4.98 Å². The summed E-state index contributed by atoms with van der Waals surface area (Å²) in [5.41, 5.74) is 14.4. The van der Waals surface area contributed by atoms with E-state index in [4.69, 9.17) is 11.3 Å². The molecule has 0 spiro atoms. The second-order valence-electron chi connectivity index (χ2n) is 3.10. The first kappa shape index (κ1) is 9.95. The summed E-state index contributed by atoms with van der Waals surface area (Å²) in [6.07, 6.45) is 0. The number of amides is 1. The zero-order valence-electron chi connectivity index (χ0n) is 8.16. The molecule has 0 aliphatic carbocycles. The molecule has 1 aromatic carbocycles. The Kier molecular flexibility index (Phi) is 2.41. The van der Waals surface area contributed by atoms with Gasteiger partial charge in [-0.05, 0) is 22.8 Å². The fourth-order valence-electron chi connectivity index (χ4n) is 1.46. The molecule has 16 heavy (non-hydrogen) atoms. The summed E-state index contributed by atoms with van der Waals surface area (Å²) < 4.78 is 0. The van der Waals surface area contributed by atoms with Crippen LogP contribution in [0.2, 0.25) is 0 Å². The summed E-state index contributed by atoms with van der Waals surface area (Å²) in [5.74, 6) is -0.442. The largest absolute Gasteiger partial charge is 0.366 e. The van der Waals surface area contributed by atoms with Gasteiger partial charge in [0.1, 0.15) is 5.82 Å². The number of para-hydroxylation sites is 1. The molecular weight excluding hydrogens is 206 g/mol. The Hall–Kier alpha value is -2.59. The highest BCUT2D eigenvalue weighted by atomic mass is 16.1. The predicted molar refractivity (Wildman–Crippen MR) is 59.1 cm³/mol. The molecule has 0 aliphatic rings. The number of azide groups is 1. The summed E-state index contributed by atoms with van der Waals surface area (Å²) in [7, 11) is 0. The molecule has 0 fully saturated rings. The third-order valence-corrected chi connectivity index (χ3v) is 2.12. The van der Waals surface area contributed by atoms with Crippen LogP contribution in [0.1, 0.15) is 10.4 Å². The van der Waals surface area contributed by atoms with Crippen LogP contribution in [0.4, 0.5) is 5.82 Å².